The van der Waals surface area contributed by atoms with Gasteiger partial charge in [-0.05, 0) is 24.5 Å². The molecule has 0 radical (unpaired) electrons. The predicted molar refractivity (Wildman–Crippen MR) is 70.8 cm³/mol. The van der Waals surface area contributed by atoms with E-state index in [2.05, 4.69) is 5.32 Å². The van der Waals surface area contributed by atoms with Crippen molar-refractivity contribution < 1.29 is 13.6 Å². The topological polar surface area (TPSA) is 29.1 Å². The number of carbonyl (C=O) groups excluding carboxylic acids is 1. The number of hydrogen-bond donors (Lipinski definition) is 1. The zero-order chi connectivity index (χ0) is 14.1. The van der Waals surface area contributed by atoms with Gasteiger partial charge in [-0.15, -0.1) is 0 Å². The Bertz CT molecular complexity index is 380. The summed E-state index contributed by atoms with van der Waals surface area (Å²) in [6.45, 7) is 5.78. The standard InChI is InChI=1S/C12H15F2NO.C2H6/c1-8(7-16)3-4-9-5-10(13)6-11(14)12(9)15-2;1-2/h5-8,15H,3-4H2,1-2H3;1-2H3. The third-order valence-electron chi connectivity index (χ3n) is 2.49. The zero-order valence-electron chi connectivity index (χ0n) is 11.4. The van der Waals surface area contributed by atoms with E-state index in [0.717, 1.165) is 12.4 Å². The maximum atomic E-state index is 13.3. The molecule has 0 fully saturated rings. The van der Waals surface area contributed by atoms with Gasteiger partial charge >= 0.3 is 0 Å². The normalized spacial score (nSPS) is 11.2. The van der Waals surface area contributed by atoms with Crippen molar-refractivity contribution in [1.29, 1.82) is 0 Å². The summed E-state index contributed by atoms with van der Waals surface area (Å²) < 4.78 is 26.4. The van der Waals surface area contributed by atoms with Crippen LogP contribution in [0.5, 0.6) is 0 Å². The summed E-state index contributed by atoms with van der Waals surface area (Å²) in [5.74, 6) is -1.29. The van der Waals surface area contributed by atoms with Crippen LogP contribution in [0, 0.1) is 17.6 Å². The lowest BCUT2D eigenvalue weighted by molar-refractivity contribution is -0.110. The highest BCUT2D eigenvalue weighted by molar-refractivity contribution is 5.54. The Hall–Kier alpha value is -1.45. The Labute approximate surface area is 107 Å². The maximum absolute atomic E-state index is 13.3. The van der Waals surface area contributed by atoms with E-state index in [1.165, 1.54) is 6.07 Å². The molecule has 1 rings (SSSR count). The first-order valence-corrected chi connectivity index (χ1v) is 6.19. The van der Waals surface area contributed by atoms with Crippen LogP contribution < -0.4 is 5.32 Å². The van der Waals surface area contributed by atoms with Crippen LogP contribution in [0.4, 0.5) is 14.5 Å². The van der Waals surface area contributed by atoms with E-state index in [9.17, 15) is 13.6 Å². The van der Waals surface area contributed by atoms with Crippen molar-refractivity contribution in [3.8, 4) is 0 Å². The number of nitrogens with one attached hydrogen (secondary N) is 1. The molecule has 102 valence electrons. The van der Waals surface area contributed by atoms with Crippen molar-refractivity contribution in [1.82, 2.24) is 0 Å². The van der Waals surface area contributed by atoms with Gasteiger partial charge in [0.1, 0.15) is 17.9 Å². The number of aryl methyl sites for hydroxylation is 1. The summed E-state index contributed by atoms with van der Waals surface area (Å²) in [4.78, 5) is 10.5. The van der Waals surface area contributed by atoms with Crippen LogP contribution in [0.3, 0.4) is 0 Å². The van der Waals surface area contributed by atoms with Crippen LogP contribution in [0.15, 0.2) is 12.1 Å². The second-order valence-corrected chi connectivity index (χ2v) is 3.82. The minimum atomic E-state index is -0.601. The predicted octanol–water partition coefficient (Wildman–Crippen LogP) is 3.80. The van der Waals surface area contributed by atoms with E-state index in [1.54, 1.807) is 14.0 Å². The molecule has 0 aliphatic rings. The highest BCUT2D eigenvalue weighted by Gasteiger charge is 2.11. The van der Waals surface area contributed by atoms with Crippen molar-refractivity contribution >= 4 is 12.0 Å². The number of aldehydes is 1. The molecule has 0 saturated carbocycles. The summed E-state index contributed by atoms with van der Waals surface area (Å²) in [5.41, 5.74) is 0.869. The van der Waals surface area contributed by atoms with Gasteiger partial charge in [-0.1, -0.05) is 20.8 Å². The van der Waals surface area contributed by atoms with Crippen molar-refractivity contribution in [2.24, 2.45) is 5.92 Å². The molecule has 2 nitrogen and oxygen atoms in total. The van der Waals surface area contributed by atoms with Gasteiger partial charge in [0.25, 0.3) is 0 Å². The quantitative estimate of drug-likeness (QED) is 0.813. The van der Waals surface area contributed by atoms with Crippen LogP contribution in [0.1, 0.15) is 32.8 Å². The van der Waals surface area contributed by atoms with E-state index in [1.807, 2.05) is 13.8 Å². The van der Waals surface area contributed by atoms with Crippen LogP contribution in [0.2, 0.25) is 0 Å². The molecule has 1 aromatic carbocycles. The Morgan fingerprint density at radius 2 is 1.94 bits per heavy atom. The first kappa shape index (κ1) is 16.6. The second-order valence-electron chi connectivity index (χ2n) is 3.82. The first-order chi connectivity index (χ1) is 8.58. The Balaban J connectivity index is 0.00000137. The van der Waals surface area contributed by atoms with Crippen LogP contribution >= 0.6 is 0 Å². The summed E-state index contributed by atoms with van der Waals surface area (Å²) >= 11 is 0. The smallest absolute Gasteiger partial charge is 0.149 e. The van der Waals surface area contributed by atoms with Gasteiger partial charge < -0.3 is 10.1 Å². The molecule has 0 aliphatic carbocycles. The molecule has 1 aromatic rings. The van der Waals surface area contributed by atoms with Crippen LogP contribution in [-0.4, -0.2) is 13.3 Å². The SMILES string of the molecule is CC.CNc1c(F)cc(F)cc1CCC(C)C=O. The largest absolute Gasteiger partial charge is 0.386 e. The maximum Gasteiger partial charge on any atom is 0.149 e. The monoisotopic (exact) mass is 257 g/mol. The molecule has 0 spiro atoms. The minimum Gasteiger partial charge on any atom is -0.386 e. The lowest BCUT2D eigenvalue weighted by Crippen LogP contribution is -2.04. The number of benzene rings is 1. The number of rotatable bonds is 5. The molecule has 0 bridgehead atoms. The molecule has 1 unspecified atom stereocenters. The fraction of sp³-hybridized carbons (Fsp3) is 0.500. The van der Waals surface area contributed by atoms with Gasteiger partial charge in [0.2, 0.25) is 0 Å². The summed E-state index contributed by atoms with van der Waals surface area (Å²) in [6.07, 6.45) is 1.90. The van der Waals surface area contributed by atoms with Crippen molar-refractivity contribution in [3.63, 3.8) is 0 Å². The van der Waals surface area contributed by atoms with Gasteiger partial charge in [0, 0.05) is 19.0 Å². The zero-order valence-corrected chi connectivity index (χ0v) is 11.4. The molecule has 0 aliphatic heterocycles. The molecule has 0 saturated heterocycles. The fourth-order valence-corrected chi connectivity index (χ4v) is 1.56. The highest BCUT2D eigenvalue weighted by atomic mass is 19.1. The van der Waals surface area contributed by atoms with E-state index < -0.39 is 11.6 Å². The lowest BCUT2D eigenvalue weighted by atomic mass is 10.0. The van der Waals surface area contributed by atoms with Gasteiger partial charge in [-0.3, -0.25) is 0 Å². The second kappa shape index (κ2) is 8.61. The van der Waals surface area contributed by atoms with Gasteiger partial charge in [-0.25, -0.2) is 8.78 Å². The number of anilines is 1. The number of hydrogen-bond acceptors (Lipinski definition) is 2. The van der Waals surface area contributed by atoms with Gasteiger partial charge in [-0.2, -0.15) is 0 Å². The van der Waals surface area contributed by atoms with Crippen LogP contribution in [-0.2, 0) is 11.2 Å². The average molecular weight is 257 g/mol. The summed E-state index contributed by atoms with van der Waals surface area (Å²) in [7, 11) is 1.59. The molecular formula is C14H21F2NO. The molecule has 0 amide bonds. The van der Waals surface area contributed by atoms with E-state index in [0.29, 0.717) is 24.1 Å². The summed E-state index contributed by atoms with van der Waals surface area (Å²) in [5, 5.41) is 2.70. The van der Waals surface area contributed by atoms with Crippen molar-refractivity contribution in [3.05, 3.63) is 29.3 Å². The Morgan fingerprint density at radius 3 is 2.44 bits per heavy atom. The highest BCUT2D eigenvalue weighted by Crippen LogP contribution is 2.23. The third kappa shape index (κ3) is 4.82. The summed E-state index contributed by atoms with van der Waals surface area (Å²) in [6, 6.07) is 2.14. The Kier molecular flexibility index (Phi) is 7.92. The Morgan fingerprint density at radius 1 is 1.33 bits per heavy atom. The van der Waals surface area contributed by atoms with E-state index >= 15 is 0 Å². The molecule has 4 heteroatoms. The van der Waals surface area contributed by atoms with Crippen molar-refractivity contribution in [2.45, 2.75) is 33.6 Å². The minimum absolute atomic E-state index is 0.101. The van der Waals surface area contributed by atoms with Gasteiger partial charge in [0.05, 0.1) is 5.69 Å². The lowest BCUT2D eigenvalue weighted by Gasteiger charge is -2.11. The van der Waals surface area contributed by atoms with Crippen molar-refractivity contribution in [2.75, 3.05) is 12.4 Å². The van der Waals surface area contributed by atoms with Gasteiger partial charge in [0.15, 0.2) is 0 Å². The third-order valence-corrected chi connectivity index (χ3v) is 2.49. The molecule has 1 N–H and O–H groups in total. The number of carbonyl (C=O) groups is 1. The fourth-order valence-electron chi connectivity index (χ4n) is 1.56. The van der Waals surface area contributed by atoms with E-state index in [4.69, 9.17) is 0 Å². The molecule has 0 aromatic heterocycles. The average Bonchev–Trinajstić information content (AvgIpc) is 2.37. The molecule has 18 heavy (non-hydrogen) atoms. The first-order valence-electron chi connectivity index (χ1n) is 6.19. The molecule has 0 heterocycles. The molecular weight excluding hydrogens is 236 g/mol. The van der Waals surface area contributed by atoms with E-state index in [-0.39, 0.29) is 5.92 Å². The van der Waals surface area contributed by atoms with Crippen LogP contribution in [0.25, 0.3) is 0 Å². The number of halogens is 2. The molecule has 1 atom stereocenters.